The molecule has 0 aliphatic rings. The Bertz CT molecular complexity index is 1040. The first kappa shape index (κ1) is 21.9. The Kier molecular flexibility index (Phi) is 7.48. The van der Waals surface area contributed by atoms with Gasteiger partial charge in [0.25, 0.3) is 5.91 Å². The topological polar surface area (TPSA) is 86.1 Å². The van der Waals surface area contributed by atoms with Crippen LogP contribution in [0.1, 0.15) is 33.5 Å². The molecule has 30 heavy (non-hydrogen) atoms. The molecule has 0 aliphatic carbocycles. The van der Waals surface area contributed by atoms with Crippen LogP contribution in [0.2, 0.25) is 5.02 Å². The third kappa shape index (κ3) is 5.40. The summed E-state index contributed by atoms with van der Waals surface area (Å²) in [6, 6.07) is 13.7. The molecule has 0 atom stereocenters. The van der Waals surface area contributed by atoms with Crippen molar-refractivity contribution in [2.24, 2.45) is 0 Å². The van der Waals surface area contributed by atoms with Gasteiger partial charge in [-0.15, -0.1) is 10.2 Å². The van der Waals surface area contributed by atoms with Crippen LogP contribution in [0.4, 0.5) is 0 Å². The van der Waals surface area contributed by atoms with E-state index in [0.717, 1.165) is 0 Å². The maximum atomic E-state index is 12.4. The average molecular weight is 445 g/mol. The number of methoxy groups -OCH3 is 1. The summed E-state index contributed by atoms with van der Waals surface area (Å²) in [5, 5.41) is 12.4. The van der Waals surface area contributed by atoms with Crippen LogP contribution in [-0.4, -0.2) is 39.3 Å². The molecule has 0 saturated heterocycles. The smallest absolute Gasteiger partial charge is 0.251 e. The van der Waals surface area contributed by atoms with Gasteiger partial charge in [0.05, 0.1) is 19.4 Å². The number of benzene rings is 2. The number of nitrogens with zero attached hydrogens (tertiary/aromatic N) is 3. The largest absolute Gasteiger partial charge is 0.497 e. The minimum absolute atomic E-state index is 0.0183. The van der Waals surface area contributed by atoms with Crippen molar-refractivity contribution in [3.8, 4) is 5.75 Å². The maximum Gasteiger partial charge on any atom is 0.251 e. The summed E-state index contributed by atoms with van der Waals surface area (Å²) in [6.07, 6.45) is 0. The summed E-state index contributed by atoms with van der Waals surface area (Å²) in [7, 11) is 1.55. The van der Waals surface area contributed by atoms with Gasteiger partial charge in [-0.05, 0) is 49.4 Å². The van der Waals surface area contributed by atoms with Crippen LogP contribution in [0.3, 0.4) is 0 Å². The summed E-state index contributed by atoms with van der Waals surface area (Å²) in [4.78, 5) is 24.8. The van der Waals surface area contributed by atoms with E-state index in [1.165, 1.54) is 11.8 Å². The third-order valence-electron chi connectivity index (χ3n) is 4.35. The Morgan fingerprint density at radius 2 is 1.90 bits per heavy atom. The van der Waals surface area contributed by atoms with Crippen molar-refractivity contribution in [1.29, 1.82) is 0 Å². The zero-order valence-corrected chi connectivity index (χ0v) is 18.2. The number of carbonyl (C=O) groups is 2. The van der Waals surface area contributed by atoms with Gasteiger partial charge >= 0.3 is 0 Å². The first-order valence-electron chi connectivity index (χ1n) is 9.27. The summed E-state index contributed by atoms with van der Waals surface area (Å²) in [5.41, 5.74) is 1.10. The Morgan fingerprint density at radius 1 is 1.13 bits per heavy atom. The fourth-order valence-electron chi connectivity index (χ4n) is 2.75. The quantitative estimate of drug-likeness (QED) is 0.398. The van der Waals surface area contributed by atoms with Gasteiger partial charge in [-0.2, -0.15) is 0 Å². The van der Waals surface area contributed by atoms with Crippen molar-refractivity contribution >= 4 is 35.1 Å². The lowest BCUT2D eigenvalue weighted by Gasteiger charge is -2.09. The zero-order chi connectivity index (χ0) is 21.5. The van der Waals surface area contributed by atoms with Gasteiger partial charge in [0, 0.05) is 22.7 Å². The second-order valence-corrected chi connectivity index (χ2v) is 7.66. The van der Waals surface area contributed by atoms with Gasteiger partial charge in [0.15, 0.2) is 16.8 Å². The van der Waals surface area contributed by atoms with Gasteiger partial charge in [0.2, 0.25) is 0 Å². The van der Waals surface area contributed by atoms with Crippen molar-refractivity contribution in [2.45, 2.75) is 25.2 Å². The standard InChI is InChI=1S/C21H21ClN4O3S/c1-3-26-19(12-23-20(28)15-5-4-6-17(11-15)29-2)24-25-21(26)30-13-18(27)14-7-9-16(22)10-8-14/h4-11H,3,12-13H2,1-2H3,(H,23,28). The molecule has 2 aromatic carbocycles. The molecule has 0 aliphatic heterocycles. The molecule has 1 heterocycles. The molecule has 1 amide bonds. The van der Waals surface area contributed by atoms with Crippen molar-refractivity contribution in [1.82, 2.24) is 20.1 Å². The number of thioether (sulfide) groups is 1. The van der Waals surface area contributed by atoms with E-state index >= 15 is 0 Å². The first-order chi connectivity index (χ1) is 14.5. The molecule has 7 nitrogen and oxygen atoms in total. The maximum absolute atomic E-state index is 12.4. The molecule has 0 bridgehead atoms. The predicted molar refractivity (Wildman–Crippen MR) is 116 cm³/mol. The number of ketones is 1. The molecule has 3 rings (SSSR count). The molecule has 0 saturated carbocycles. The SMILES string of the molecule is CCn1c(CNC(=O)c2cccc(OC)c2)nnc1SCC(=O)c1ccc(Cl)cc1. The van der Waals surface area contributed by atoms with E-state index in [1.54, 1.807) is 55.6 Å². The molecule has 9 heteroatoms. The highest BCUT2D eigenvalue weighted by molar-refractivity contribution is 7.99. The number of nitrogens with one attached hydrogen (secondary N) is 1. The third-order valence-corrected chi connectivity index (χ3v) is 5.57. The van der Waals surface area contributed by atoms with E-state index in [1.807, 2.05) is 11.5 Å². The minimum atomic E-state index is -0.230. The van der Waals surface area contributed by atoms with Crippen LogP contribution in [0, 0.1) is 0 Å². The predicted octanol–water partition coefficient (Wildman–Crippen LogP) is 3.87. The summed E-state index contributed by atoms with van der Waals surface area (Å²) in [5.74, 6) is 1.22. The zero-order valence-electron chi connectivity index (χ0n) is 16.6. The highest BCUT2D eigenvalue weighted by Gasteiger charge is 2.15. The molecule has 0 unspecified atom stereocenters. The highest BCUT2D eigenvalue weighted by atomic mass is 35.5. The number of hydrogen-bond donors (Lipinski definition) is 1. The minimum Gasteiger partial charge on any atom is -0.497 e. The van der Waals surface area contributed by atoms with Crippen LogP contribution in [-0.2, 0) is 13.1 Å². The summed E-state index contributed by atoms with van der Waals surface area (Å²) < 4.78 is 7.03. The highest BCUT2D eigenvalue weighted by Crippen LogP contribution is 2.20. The van der Waals surface area contributed by atoms with Gasteiger partial charge in [-0.25, -0.2) is 0 Å². The van der Waals surface area contributed by atoms with Crippen LogP contribution in [0.5, 0.6) is 5.75 Å². The number of carbonyl (C=O) groups excluding carboxylic acids is 2. The van der Waals surface area contributed by atoms with E-state index < -0.39 is 0 Å². The van der Waals surface area contributed by atoms with E-state index in [9.17, 15) is 9.59 Å². The average Bonchev–Trinajstić information content (AvgIpc) is 3.18. The number of aromatic nitrogens is 3. The molecule has 0 radical (unpaired) electrons. The van der Waals surface area contributed by atoms with Crippen molar-refractivity contribution < 1.29 is 14.3 Å². The Hall–Kier alpha value is -2.84. The molecule has 156 valence electrons. The van der Waals surface area contributed by atoms with Crippen LogP contribution in [0.25, 0.3) is 0 Å². The fourth-order valence-corrected chi connectivity index (χ4v) is 3.79. The van der Waals surface area contributed by atoms with Crippen molar-refractivity contribution in [3.05, 3.63) is 70.5 Å². The Morgan fingerprint density at radius 3 is 2.60 bits per heavy atom. The monoisotopic (exact) mass is 444 g/mol. The Labute approximate surface area is 183 Å². The van der Waals surface area contributed by atoms with Crippen molar-refractivity contribution in [2.75, 3.05) is 12.9 Å². The lowest BCUT2D eigenvalue weighted by atomic mass is 10.1. The molecule has 1 aromatic heterocycles. The lowest BCUT2D eigenvalue weighted by Crippen LogP contribution is -2.24. The number of ether oxygens (including phenoxy) is 1. The fraction of sp³-hybridized carbons (Fsp3) is 0.238. The molecule has 0 spiro atoms. The lowest BCUT2D eigenvalue weighted by molar-refractivity contribution is 0.0948. The van der Waals surface area contributed by atoms with Gasteiger partial charge in [-0.3, -0.25) is 9.59 Å². The van der Waals surface area contributed by atoms with E-state index in [0.29, 0.717) is 39.4 Å². The van der Waals surface area contributed by atoms with Gasteiger partial charge < -0.3 is 14.6 Å². The van der Waals surface area contributed by atoms with Gasteiger partial charge in [-0.1, -0.05) is 29.4 Å². The normalized spacial score (nSPS) is 10.6. The molecule has 3 aromatic rings. The number of Topliss-reactive ketones (excluding diaryl/α,β-unsaturated/α-hetero) is 1. The molecular weight excluding hydrogens is 424 g/mol. The number of amides is 1. The van der Waals surface area contributed by atoms with Crippen LogP contribution >= 0.6 is 23.4 Å². The van der Waals surface area contributed by atoms with E-state index in [-0.39, 0.29) is 24.0 Å². The number of rotatable bonds is 9. The summed E-state index contributed by atoms with van der Waals surface area (Å²) >= 11 is 7.18. The van der Waals surface area contributed by atoms with Crippen LogP contribution < -0.4 is 10.1 Å². The molecule has 1 N–H and O–H groups in total. The first-order valence-corrected chi connectivity index (χ1v) is 10.6. The second-order valence-electron chi connectivity index (χ2n) is 6.28. The number of halogens is 1. The van der Waals surface area contributed by atoms with Crippen LogP contribution in [0.15, 0.2) is 53.7 Å². The summed E-state index contributed by atoms with van der Waals surface area (Å²) in [6.45, 7) is 2.80. The number of hydrogen-bond acceptors (Lipinski definition) is 6. The van der Waals surface area contributed by atoms with E-state index in [4.69, 9.17) is 16.3 Å². The van der Waals surface area contributed by atoms with Gasteiger partial charge in [0.1, 0.15) is 5.75 Å². The molecular formula is C21H21ClN4O3S. The second kappa shape index (κ2) is 10.3. The van der Waals surface area contributed by atoms with E-state index in [2.05, 4.69) is 15.5 Å². The van der Waals surface area contributed by atoms with Crippen molar-refractivity contribution in [3.63, 3.8) is 0 Å². The Balaban J connectivity index is 1.61. The molecule has 0 fully saturated rings.